The molecule has 1 rings (SSSR count). The third-order valence-corrected chi connectivity index (χ3v) is 1.85. The van der Waals surface area contributed by atoms with E-state index in [-0.39, 0.29) is 5.75 Å². The molecule has 0 saturated carbocycles. The number of hydrogen-bond acceptors (Lipinski definition) is 4. The van der Waals surface area contributed by atoms with Gasteiger partial charge in [-0.05, 0) is 19.1 Å². The SMILES string of the molecule is COc1cccc(C=NCC(C)O)c1O. The summed E-state index contributed by atoms with van der Waals surface area (Å²) in [5, 5.41) is 18.7. The van der Waals surface area contributed by atoms with E-state index in [9.17, 15) is 5.11 Å². The number of methoxy groups -OCH3 is 1. The number of aliphatic hydroxyl groups is 1. The van der Waals surface area contributed by atoms with Crippen molar-refractivity contribution in [2.45, 2.75) is 13.0 Å². The molecule has 0 aliphatic rings. The molecule has 0 aliphatic carbocycles. The van der Waals surface area contributed by atoms with E-state index in [4.69, 9.17) is 9.84 Å². The summed E-state index contributed by atoms with van der Waals surface area (Å²) in [6.07, 6.45) is 1.04. The van der Waals surface area contributed by atoms with Crippen molar-refractivity contribution in [3.05, 3.63) is 23.8 Å². The standard InChI is InChI=1S/C11H15NO3/c1-8(13)6-12-7-9-4-3-5-10(15-2)11(9)14/h3-5,7-8,13-14H,6H2,1-2H3. The van der Waals surface area contributed by atoms with Crippen molar-refractivity contribution in [1.82, 2.24) is 0 Å². The summed E-state index contributed by atoms with van der Waals surface area (Å²) >= 11 is 0. The fourth-order valence-corrected chi connectivity index (χ4v) is 1.11. The van der Waals surface area contributed by atoms with Gasteiger partial charge in [0, 0.05) is 11.8 Å². The van der Waals surface area contributed by atoms with Gasteiger partial charge in [-0.2, -0.15) is 0 Å². The van der Waals surface area contributed by atoms with Crippen LogP contribution in [0.15, 0.2) is 23.2 Å². The minimum atomic E-state index is -0.478. The topological polar surface area (TPSA) is 62.0 Å². The first-order valence-corrected chi connectivity index (χ1v) is 4.69. The van der Waals surface area contributed by atoms with Crippen LogP contribution in [0.3, 0.4) is 0 Å². The number of nitrogens with zero attached hydrogens (tertiary/aromatic N) is 1. The quantitative estimate of drug-likeness (QED) is 0.732. The zero-order valence-corrected chi connectivity index (χ0v) is 8.84. The second-order valence-electron chi connectivity index (χ2n) is 3.24. The van der Waals surface area contributed by atoms with Gasteiger partial charge in [-0.25, -0.2) is 0 Å². The van der Waals surface area contributed by atoms with Crippen molar-refractivity contribution in [3.63, 3.8) is 0 Å². The van der Waals surface area contributed by atoms with Crippen LogP contribution in [0.5, 0.6) is 11.5 Å². The molecule has 0 heterocycles. The molecule has 1 unspecified atom stereocenters. The number of aliphatic hydroxyl groups excluding tert-OH is 1. The van der Waals surface area contributed by atoms with Crippen LogP contribution in [-0.4, -0.2) is 36.2 Å². The third-order valence-electron chi connectivity index (χ3n) is 1.85. The molecule has 2 N–H and O–H groups in total. The number of ether oxygens (including phenoxy) is 1. The van der Waals surface area contributed by atoms with E-state index in [1.54, 1.807) is 25.1 Å². The highest BCUT2D eigenvalue weighted by Gasteiger charge is 2.04. The Hall–Kier alpha value is -1.55. The molecule has 0 saturated heterocycles. The van der Waals surface area contributed by atoms with Gasteiger partial charge in [0.05, 0.1) is 19.8 Å². The summed E-state index contributed by atoms with van der Waals surface area (Å²) in [6.45, 7) is 1.97. The van der Waals surface area contributed by atoms with Gasteiger partial charge < -0.3 is 14.9 Å². The van der Waals surface area contributed by atoms with Crippen LogP contribution < -0.4 is 4.74 Å². The van der Waals surface area contributed by atoms with Gasteiger partial charge in [0.25, 0.3) is 0 Å². The van der Waals surface area contributed by atoms with Crippen LogP contribution >= 0.6 is 0 Å². The largest absolute Gasteiger partial charge is 0.504 e. The molecule has 4 nitrogen and oxygen atoms in total. The van der Waals surface area contributed by atoms with E-state index >= 15 is 0 Å². The Morgan fingerprint density at radius 3 is 2.87 bits per heavy atom. The Kier molecular flexibility index (Phi) is 4.12. The number of phenols is 1. The van der Waals surface area contributed by atoms with E-state index in [0.717, 1.165) is 0 Å². The van der Waals surface area contributed by atoms with Gasteiger partial charge in [0.2, 0.25) is 0 Å². The van der Waals surface area contributed by atoms with Crippen LogP contribution in [0.25, 0.3) is 0 Å². The molecule has 15 heavy (non-hydrogen) atoms. The smallest absolute Gasteiger partial charge is 0.166 e. The number of aliphatic imine (C=N–C) groups is 1. The van der Waals surface area contributed by atoms with Crippen molar-refractivity contribution in [2.75, 3.05) is 13.7 Å². The summed E-state index contributed by atoms with van der Waals surface area (Å²) < 4.78 is 4.95. The molecule has 1 aromatic carbocycles. The Morgan fingerprint density at radius 1 is 1.53 bits per heavy atom. The third kappa shape index (κ3) is 3.25. The van der Waals surface area contributed by atoms with Crippen molar-refractivity contribution in [1.29, 1.82) is 0 Å². The van der Waals surface area contributed by atoms with Gasteiger partial charge >= 0.3 is 0 Å². The fraction of sp³-hybridized carbons (Fsp3) is 0.364. The molecule has 4 heteroatoms. The van der Waals surface area contributed by atoms with Gasteiger partial charge in [0.1, 0.15) is 0 Å². The molecule has 0 bridgehead atoms. The molecule has 82 valence electrons. The lowest BCUT2D eigenvalue weighted by atomic mass is 10.2. The number of phenolic OH excluding ortho intramolecular Hbond substituents is 1. The molecule has 0 fully saturated rings. The van der Waals surface area contributed by atoms with Crippen molar-refractivity contribution in [3.8, 4) is 11.5 Å². The number of aromatic hydroxyl groups is 1. The molecule has 1 atom stereocenters. The average Bonchev–Trinajstić information content (AvgIpc) is 2.20. The highest BCUT2D eigenvalue weighted by molar-refractivity contribution is 5.84. The molecule has 0 spiro atoms. The molecule has 1 aromatic rings. The fourth-order valence-electron chi connectivity index (χ4n) is 1.11. The molecule has 0 radical (unpaired) electrons. The zero-order valence-electron chi connectivity index (χ0n) is 8.84. The van der Waals surface area contributed by atoms with Crippen LogP contribution in [0.4, 0.5) is 0 Å². The lowest BCUT2D eigenvalue weighted by molar-refractivity contribution is 0.204. The normalized spacial score (nSPS) is 13.0. The molecular formula is C11H15NO3. The highest BCUT2D eigenvalue weighted by atomic mass is 16.5. The van der Waals surface area contributed by atoms with Gasteiger partial charge in [-0.1, -0.05) is 6.07 Å². The molecule has 0 amide bonds. The first-order valence-electron chi connectivity index (χ1n) is 4.69. The lowest BCUT2D eigenvalue weighted by Gasteiger charge is -2.05. The van der Waals surface area contributed by atoms with E-state index in [0.29, 0.717) is 17.9 Å². The molecular weight excluding hydrogens is 194 g/mol. The maximum atomic E-state index is 9.68. The zero-order chi connectivity index (χ0) is 11.3. The van der Waals surface area contributed by atoms with Crippen LogP contribution in [0, 0.1) is 0 Å². The number of hydrogen-bond donors (Lipinski definition) is 2. The summed E-state index contributed by atoms with van der Waals surface area (Å²) in [6, 6.07) is 5.16. The van der Waals surface area contributed by atoms with Gasteiger partial charge in [0.15, 0.2) is 11.5 Å². The summed E-state index contributed by atoms with van der Waals surface area (Å²) in [5.41, 5.74) is 0.579. The monoisotopic (exact) mass is 209 g/mol. The predicted molar refractivity (Wildman–Crippen MR) is 58.8 cm³/mol. The minimum absolute atomic E-state index is 0.0642. The Labute approximate surface area is 88.9 Å². The van der Waals surface area contributed by atoms with Crippen molar-refractivity contribution in [2.24, 2.45) is 4.99 Å². The van der Waals surface area contributed by atoms with Gasteiger partial charge in [-0.3, -0.25) is 4.99 Å². The average molecular weight is 209 g/mol. The Balaban J connectivity index is 2.81. The predicted octanol–water partition coefficient (Wildman–Crippen LogP) is 1.20. The van der Waals surface area contributed by atoms with Crippen molar-refractivity contribution < 1.29 is 14.9 Å². The first kappa shape index (κ1) is 11.5. The summed E-state index contributed by atoms with van der Waals surface area (Å²) in [7, 11) is 1.49. The van der Waals surface area contributed by atoms with Crippen LogP contribution in [0.2, 0.25) is 0 Å². The summed E-state index contributed by atoms with van der Waals surface area (Å²) in [5.74, 6) is 0.477. The minimum Gasteiger partial charge on any atom is -0.504 e. The first-order chi connectivity index (χ1) is 7.15. The number of benzene rings is 1. The van der Waals surface area contributed by atoms with E-state index in [2.05, 4.69) is 4.99 Å². The van der Waals surface area contributed by atoms with Crippen LogP contribution in [0.1, 0.15) is 12.5 Å². The second kappa shape index (κ2) is 5.36. The Morgan fingerprint density at radius 2 is 2.27 bits per heavy atom. The van der Waals surface area contributed by atoms with E-state index in [1.807, 2.05) is 0 Å². The lowest BCUT2D eigenvalue weighted by Crippen LogP contribution is -2.03. The van der Waals surface area contributed by atoms with Crippen LogP contribution in [-0.2, 0) is 0 Å². The van der Waals surface area contributed by atoms with E-state index < -0.39 is 6.10 Å². The van der Waals surface area contributed by atoms with Crippen molar-refractivity contribution >= 4 is 6.21 Å². The maximum absolute atomic E-state index is 9.68. The number of rotatable bonds is 4. The van der Waals surface area contributed by atoms with Gasteiger partial charge in [-0.15, -0.1) is 0 Å². The van der Waals surface area contributed by atoms with E-state index in [1.165, 1.54) is 13.3 Å². The molecule has 0 aliphatic heterocycles. The number of para-hydroxylation sites is 1. The highest BCUT2D eigenvalue weighted by Crippen LogP contribution is 2.27. The summed E-state index contributed by atoms with van der Waals surface area (Å²) in [4.78, 5) is 3.99. The maximum Gasteiger partial charge on any atom is 0.166 e. The molecule has 0 aromatic heterocycles. The second-order valence-corrected chi connectivity index (χ2v) is 3.24. The Bertz CT molecular complexity index is 348.